The smallest absolute Gasteiger partial charge is 0.135 e. The van der Waals surface area contributed by atoms with Crippen LogP contribution in [0, 0.1) is 13.8 Å². The van der Waals surface area contributed by atoms with E-state index in [0.717, 1.165) is 33.6 Å². The zero-order chi connectivity index (χ0) is 14.7. The molecule has 20 heavy (non-hydrogen) atoms. The van der Waals surface area contributed by atoms with Crippen molar-refractivity contribution in [1.29, 1.82) is 0 Å². The van der Waals surface area contributed by atoms with E-state index >= 15 is 0 Å². The molecule has 0 aliphatic heterocycles. The zero-order valence-corrected chi connectivity index (χ0v) is 12.9. The summed E-state index contributed by atoms with van der Waals surface area (Å²) < 4.78 is 0. The lowest BCUT2D eigenvalue weighted by molar-refractivity contribution is 0.863. The third-order valence-corrected chi connectivity index (χ3v) is 3.56. The topological polar surface area (TPSA) is 49.8 Å². The average molecular weight is 291 g/mol. The van der Waals surface area contributed by atoms with Gasteiger partial charge < -0.3 is 10.6 Å². The van der Waals surface area contributed by atoms with Gasteiger partial charge in [-0.3, -0.25) is 0 Å². The van der Waals surface area contributed by atoms with Crippen molar-refractivity contribution in [2.75, 3.05) is 17.7 Å². The first-order valence-corrected chi connectivity index (χ1v) is 6.94. The van der Waals surface area contributed by atoms with E-state index < -0.39 is 0 Å². The van der Waals surface area contributed by atoms with E-state index in [1.54, 1.807) is 0 Å². The Kier molecular flexibility index (Phi) is 4.45. The summed E-state index contributed by atoms with van der Waals surface area (Å²) in [7, 11) is 1.86. The molecule has 0 spiro atoms. The number of nitrogens with one attached hydrogen (secondary N) is 2. The highest BCUT2D eigenvalue weighted by Gasteiger charge is 2.13. The summed E-state index contributed by atoms with van der Waals surface area (Å²) in [4.78, 5) is 8.83. The second-order valence-corrected chi connectivity index (χ2v) is 5.14. The molecule has 0 aliphatic carbocycles. The molecule has 2 rings (SSSR count). The SMILES string of the molecule is CNc1nc(C)nc(NC(C)c2ccccc2Cl)c1C. The van der Waals surface area contributed by atoms with Crippen LogP contribution in [-0.2, 0) is 0 Å². The molecule has 0 aliphatic rings. The Morgan fingerprint density at radius 1 is 1.10 bits per heavy atom. The Morgan fingerprint density at radius 3 is 2.40 bits per heavy atom. The number of aryl methyl sites for hydroxylation is 1. The first-order valence-electron chi connectivity index (χ1n) is 6.57. The van der Waals surface area contributed by atoms with E-state index in [9.17, 15) is 0 Å². The molecule has 106 valence electrons. The molecule has 0 saturated heterocycles. The van der Waals surface area contributed by atoms with Crippen molar-refractivity contribution in [3.05, 3.63) is 46.2 Å². The van der Waals surface area contributed by atoms with Gasteiger partial charge in [0.1, 0.15) is 17.5 Å². The first-order chi connectivity index (χ1) is 9.52. The number of hydrogen-bond acceptors (Lipinski definition) is 4. The molecular weight excluding hydrogens is 272 g/mol. The number of aromatic nitrogens is 2. The molecule has 0 amide bonds. The molecule has 2 N–H and O–H groups in total. The second-order valence-electron chi connectivity index (χ2n) is 4.73. The van der Waals surface area contributed by atoms with Gasteiger partial charge in [-0.2, -0.15) is 0 Å². The zero-order valence-electron chi connectivity index (χ0n) is 12.2. The van der Waals surface area contributed by atoms with Crippen LogP contribution >= 0.6 is 11.6 Å². The Hall–Kier alpha value is -1.81. The van der Waals surface area contributed by atoms with Crippen LogP contribution in [0.15, 0.2) is 24.3 Å². The van der Waals surface area contributed by atoms with E-state index in [0.29, 0.717) is 0 Å². The Labute approximate surface area is 124 Å². The van der Waals surface area contributed by atoms with Gasteiger partial charge >= 0.3 is 0 Å². The lowest BCUT2D eigenvalue weighted by Gasteiger charge is -2.19. The van der Waals surface area contributed by atoms with Gasteiger partial charge in [-0.15, -0.1) is 0 Å². The van der Waals surface area contributed by atoms with Crippen LogP contribution in [0.25, 0.3) is 0 Å². The molecule has 2 aromatic rings. The predicted octanol–water partition coefficient (Wildman–Crippen LogP) is 3.96. The number of halogens is 1. The summed E-state index contributed by atoms with van der Waals surface area (Å²) in [6.45, 7) is 5.94. The van der Waals surface area contributed by atoms with Crippen LogP contribution in [0.4, 0.5) is 11.6 Å². The summed E-state index contributed by atoms with van der Waals surface area (Å²) in [6, 6.07) is 7.89. The van der Waals surface area contributed by atoms with E-state index in [1.807, 2.05) is 45.2 Å². The fourth-order valence-electron chi connectivity index (χ4n) is 2.12. The molecule has 1 atom stereocenters. The van der Waals surface area contributed by atoms with Crippen LogP contribution in [0.5, 0.6) is 0 Å². The van der Waals surface area contributed by atoms with Crippen molar-refractivity contribution in [3.8, 4) is 0 Å². The second kappa shape index (κ2) is 6.09. The van der Waals surface area contributed by atoms with Crippen molar-refractivity contribution in [2.24, 2.45) is 0 Å². The summed E-state index contributed by atoms with van der Waals surface area (Å²) in [5.74, 6) is 2.40. The number of nitrogens with zero attached hydrogens (tertiary/aromatic N) is 2. The number of rotatable bonds is 4. The fraction of sp³-hybridized carbons (Fsp3) is 0.333. The molecule has 1 heterocycles. The molecule has 4 nitrogen and oxygen atoms in total. The van der Waals surface area contributed by atoms with E-state index in [2.05, 4.69) is 27.5 Å². The van der Waals surface area contributed by atoms with Crippen molar-refractivity contribution in [1.82, 2.24) is 9.97 Å². The lowest BCUT2D eigenvalue weighted by atomic mass is 10.1. The van der Waals surface area contributed by atoms with Crippen molar-refractivity contribution < 1.29 is 0 Å². The first kappa shape index (κ1) is 14.6. The van der Waals surface area contributed by atoms with Gasteiger partial charge in [0.25, 0.3) is 0 Å². The molecule has 0 fully saturated rings. The Balaban J connectivity index is 2.30. The molecule has 0 radical (unpaired) electrons. The third kappa shape index (κ3) is 3.02. The largest absolute Gasteiger partial charge is 0.373 e. The summed E-state index contributed by atoms with van der Waals surface area (Å²) in [5, 5.41) is 7.25. The maximum atomic E-state index is 6.23. The van der Waals surface area contributed by atoms with Crippen LogP contribution in [0.2, 0.25) is 5.02 Å². The summed E-state index contributed by atoms with van der Waals surface area (Å²) >= 11 is 6.23. The van der Waals surface area contributed by atoms with Gasteiger partial charge in [-0.1, -0.05) is 29.8 Å². The van der Waals surface area contributed by atoms with Crippen LogP contribution in [-0.4, -0.2) is 17.0 Å². The van der Waals surface area contributed by atoms with Gasteiger partial charge in [-0.25, -0.2) is 9.97 Å². The average Bonchev–Trinajstić information content (AvgIpc) is 2.42. The monoisotopic (exact) mass is 290 g/mol. The van der Waals surface area contributed by atoms with Gasteiger partial charge in [-0.05, 0) is 32.4 Å². The number of hydrogen-bond donors (Lipinski definition) is 2. The highest BCUT2D eigenvalue weighted by Crippen LogP contribution is 2.27. The highest BCUT2D eigenvalue weighted by molar-refractivity contribution is 6.31. The van der Waals surface area contributed by atoms with Gasteiger partial charge in [0.2, 0.25) is 0 Å². The third-order valence-electron chi connectivity index (χ3n) is 3.22. The minimum Gasteiger partial charge on any atom is -0.373 e. The molecule has 0 saturated carbocycles. The predicted molar refractivity (Wildman–Crippen MR) is 84.5 cm³/mol. The number of anilines is 2. The maximum Gasteiger partial charge on any atom is 0.135 e. The summed E-state index contributed by atoms with van der Waals surface area (Å²) in [5.41, 5.74) is 2.05. The lowest BCUT2D eigenvalue weighted by Crippen LogP contribution is -2.12. The van der Waals surface area contributed by atoms with E-state index in [1.165, 1.54) is 0 Å². The van der Waals surface area contributed by atoms with Crippen molar-refractivity contribution >= 4 is 23.2 Å². The van der Waals surface area contributed by atoms with E-state index in [-0.39, 0.29) is 6.04 Å². The molecular formula is C15H19ClN4. The number of benzene rings is 1. The minimum atomic E-state index is 0.0707. The minimum absolute atomic E-state index is 0.0707. The van der Waals surface area contributed by atoms with Crippen LogP contribution in [0.3, 0.4) is 0 Å². The molecule has 0 bridgehead atoms. The Bertz CT molecular complexity index is 613. The molecule has 5 heteroatoms. The van der Waals surface area contributed by atoms with Gasteiger partial charge in [0, 0.05) is 17.6 Å². The van der Waals surface area contributed by atoms with Gasteiger partial charge in [0.05, 0.1) is 6.04 Å². The maximum absolute atomic E-state index is 6.23. The van der Waals surface area contributed by atoms with Crippen molar-refractivity contribution in [3.63, 3.8) is 0 Å². The van der Waals surface area contributed by atoms with E-state index in [4.69, 9.17) is 11.6 Å². The molecule has 1 aromatic carbocycles. The quantitative estimate of drug-likeness (QED) is 0.895. The normalized spacial score (nSPS) is 12.1. The molecule has 1 unspecified atom stereocenters. The van der Waals surface area contributed by atoms with Crippen LogP contribution < -0.4 is 10.6 Å². The molecule has 1 aromatic heterocycles. The van der Waals surface area contributed by atoms with Crippen molar-refractivity contribution in [2.45, 2.75) is 26.8 Å². The summed E-state index contributed by atoms with van der Waals surface area (Å²) in [6.07, 6.45) is 0. The Morgan fingerprint density at radius 2 is 1.75 bits per heavy atom. The van der Waals surface area contributed by atoms with Gasteiger partial charge in [0.15, 0.2) is 0 Å². The standard InChI is InChI=1S/C15H19ClN4/c1-9-14(17-4)19-11(3)20-15(9)18-10(2)12-7-5-6-8-13(12)16/h5-8,10H,1-4H3,(H2,17,18,19,20). The van der Waals surface area contributed by atoms with Crippen LogP contribution in [0.1, 0.15) is 29.9 Å². The fourth-order valence-corrected chi connectivity index (χ4v) is 2.42. The highest BCUT2D eigenvalue weighted by atomic mass is 35.5.